The molecular weight excluding hydrogens is 781 g/mol. The van der Waals surface area contributed by atoms with Crippen LogP contribution in [0.3, 0.4) is 0 Å². The molecule has 2 aromatic heterocycles. The molecule has 4 aromatic carbocycles. The summed E-state index contributed by atoms with van der Waals surface area (Å²) in [7, 11) is 2.11. The topological polar surface area (TPSA) is 153 Å². The van der Waals surface area contributed by atoms with Gasteiger partial charge < -0.3 is 25.0 Å². The summed E-state index contributed by atoms with van der Waals surface area (Å²) in [6, 6.07) is 23.6. The molecule has 4 amide bonds. The summed E-state index contributed by atoms with van der Waals surface area (Å²) in [6.45, 7) is 7.46. The molecule has 1 aliphatic rings. The highest BCUT2D eigenvalue weighted by Gasteiger charge is 2.25. The van der Waals surface area contributed by atoms with Crippen molar-refractivity contribution in [2.24, 2.45) is 0 Å². The zero-order chi connectivity index (χ0) is 43.3. The maximum Gasteiger partial charge on any atom is 0.328 e. The number of aromatic amines is 1. The van der Waals surface area contributed by atoms with Crippen LogP contribution in [0.4, 0.5) is 25.0 Å². The van der Waals surface area contributed by atoms with Gasteiger partial charge in [-0.3, -0.25) is 19.8 Å². The first-order valence-corrected chi connectivity index (χ1v) is 20.3. The van der Waals surface area contributed by atoms with Crippen LogP contribution in [-0.2, 0) is 16.9 Å². The van der Waals surface area contributed by atoms with Crippen LogP contribution in [0.1, 0.15) is 73.0 Å². The van der Waals surface area contributed by atoms with Crippen LogP contribution >= 0.6 is 0 Å². The fourth-order valence-electron chi connectivity index (χ4n) is 7.39. The Bertz CT molecular complexity index is 2570. The minimum absolute atomic E-state index is 0.172. The predicted molar refractivity (Wildman–Crippen MR) is 231 cm³/mol. The van der Waals surface area contributed by atoms with Crippen LogP contribution in [0.5, 0.6) is 5.75 Å². The van der Waals surface area contributed by atoms with Crippen LogP contribution in [0, 0.1) is 18.6 Å². The molecule has 14 heteroatoms. The third-order valence-corrected chi connectivity index (χ3v) is 10.8. The van der Waals surface area contributed by atoms with Gasteiger partial charge in [0.1, 0.15) is 29.4 Å². The lowest BCUT2D eigenvalue weighted by Gasteiger charge is -2.26. The van der Waals surface area contributed by atoms with Gasteiger partial charge in [-0.2, -0.15) is 0 Å². The van der Waals surface area contributed by atoms with Crippen LogP contribution in [-0.4, -0.2) is 69.5 Å². The number of aliphatic hydroxyl groups is 1. The number of halogens is 2. The molecule has 0 unspecified atom stereocenters. The standard InChI is InChI=1S/C47H49F2N7O5/c1-29-37(23-33(48)24-40(29)53-45(58)36-17-16-32(22-39(36)49)47(2,3)60)43-38-26-41(52-44(38)51-28-50-43)31-14-12-30(13-15-31)27-55(4)19-7-5-6-8-21-61-35-11-9-10-34(25-35)56-20-18-42(57)54-46(56)59/h9-17,22-26,28,60H,5-8,18-21,27H2,1-4H3,(H,53,58)(H,50,51,52)(H,54,57,59). The number of carbonyl (C=O) groups excluding carboxylic acids is 3. The van der Waals surface area contributed by atoms with Gasteiger partial charge in [0.05, 0.1) is 23.5 Å². The number of hydrogen-bond donors (Lipinski definition) is 4. The highest BCUT2D eigenvalue weighted by molar-refractivity contribution is 6.06. The van der Waals surface area contributed by atoms with Crippen molar-refractivity contribution in [3.8, 4) is 28.3 Å². The molecule has 1 saturated heterocycles. The number of anilines is 2. The van der Waals surface area contributed by atoms with E-state index in [4.69, 9.17) is 4.74 Å². The molecule has 6 aromatic rings. The minimum Gasteiger partial charge on any atom is -0.494 e. The first-order valence-electron chi connectivity index (χ1n) is 20.3. The highest BCUT2D eigenvalue weighted by Crippen LogP contribution is 2.35. The molecule has 0 atom stereocenters. The second kappa shape index (κ2) is 18.4. The van der Waals surface area contributed by atoms with Crippen molar-refractivity contribution in [3.05, 3.63) is 125 Å². The van der Waals surface area contributed by atoms with Gasteiger partial charge in [0.15, 0.2) is 0 Å². The first-order chi connectivity index (χ1) is 29.2. The maximum atomic E-state index is 15.1. The third kappa shape index (κ3) is 10.3. The number of imide groups is 1. The summed E-state index contributed by atoms with van der Waals surface area (Å²) in [5.74, 6) is -1.72. The number of fused-ring (bicyclic) bond motifs is 1. The maximum absolute atomic E-state index is 15.1. The Kier molecular flexibility index (Phi) is 12.9. The smallest absolute Gasteiger partial charge is 0.328 e. The van der Waals surface area contributed by atoms with Crippen LogP contribution < -0.4 is 20.3 Å². The normalized spacial score (nSPS) is 13.2. The van der Waals surface area contributed by atoms with Gasteiger partial charge in [-0.1, -0.05) is 49.2 Å². The fraction of sp³-hybridized carbons (Fsp3) is 0.298. The average Bonchev–Trinajstić information content (AvgIpc) is 3.67. The van der Waals surface area contributed by atoms with Crippen molar-refractivity contribution in [1.29, 1.82) is 0 Å². The number of ether oxygens (including phenoxy) is 1. The van der Waals surface area contributed by atoms with E-state index in [1.54, 1.807) is 11.8 Å². The molecule has 1 aliphatic heterocycles. The van der Waals surface area contributed by atoms with E-state index in [1.165, 1.54) is 50.0 Å². The molecule has 0 bridgehead atoms. The summed E-state index contributed by atoms with van der Waals surface area (Å²) < 4.78 is 36.0. The van der Waals surface area contributed by atoms with E-state index >= 15 is 4.39 Å². The number of nitrogens with zero attached hydrogens (tertiary/aromatic N) is 4. The van der Waals surface area contributed by atoms with E-state index in [9.17, 15) is 23.9 Å². The Morgan fingerprint density at radius 2 is 1.75 bits per heavy atom. The lowest BCUT2D eigenvalue weighted by atomic mass is 9.96. The molecule has 4 N–H and O–H groups in total. The SMILES string of the molecule is Cc1c(NC(=O)c2ccc(C(C)(C)O)cc2F)cc(F)cc1-c1ncnc2[nH]c(-c3ccc(CN(C)CCCCCCOc4cccc(N5CCC(=O)NC5=O)c4)cc3)cc12. The van der Waals surface area contributed by atoms with E-state index in [1.807, 2.05) is 42.5 Å². The molecule has 0 radical (unpaired) electrons. The van der Waals surface area contributed by atoms with Gasteiger partial charge in [0.25, 0.3) is 5.91 Å². The van der Waals surface area contributed by atoms with Crippen molar-refractivity contribution in [3.63, 3.8) is 0 Å². The third-order valence-electron chi connectivity index (χ3n) is 10.8. The summed E-state index contributed by atoms with van der Waals surface area (Å²) >= 11 is 0. The number of urea groups is 1. The molecule has 61 heavy (non-hydrogen) atoms. The van der Waals surface area contributed by atoms with Gasteiger partial charge in [0, 0.05) is 53.6 Å². The van der Waals surface area contributed by atoms with Crippen molar-refractivity contribution in [1.82, 2.24) is 25.2 Å². The van der Waals surface area contributed by atoms with Crippen molar-refractivity contribution in [2.75, 3.05) is 37.0 Å². The number of amides is 4. The fourth-order valence-corrected chi connectivity index (χ4v) is 7.39. The number of rotatable bonds is 16. The molecule has 1 fully saturated rings. The van der Waals surface area contributed by atoms with Gasteiger partial charge in [-0.05, 0) is 112 Å². The highest BCUT2D eigenvalue weighted by atomic mass is 19.1. The molecule has 316 valence electrons. The summed E-state index contributed by atoms with van der Waals surface area (Å²) in [5.41, 5.74) is 4.63. The number of H-pyrrole nitrogens is 1. The largest absolute Gasteiger partial charge is 0.494 e. The van der Waals surface area contributed by atoms with E-state index in [0.29, 0.717) is 58.0 Å². The van der Waals surface area contributed by atoms with Crippen LogP contribution in [0.2, 0.25) is 0 Å². The number of carbonyl (C=O) groups is 3. The average molecular weight is 830 g/mol. The lowest BCUT2D eigenvalue weighted by Crippen LogP contribution is -2.49. The Balaban J connectivity index is 0.912. The number of hydrogen-bond acceptors (Lipinski definition) is 8. The van der Waals surface area contributed by atoms with Crippen molar-refractivity contribution >= 4 is 40.3 Å². The van der Waals surface area contributed by atoms with E-state index in [-0.39, 0.29) is 23.6 Å². The molecular formula is C47H49F2N7O5. The Hall–Kier alpha value is -6.51. The van der Waals surface area contributed by atoms with Crippen molar-refractivity contribution in [2.45, 2.75) is 65.0 Å². The van der Waals surface area contributed by atoms with E-state index < -0.39 is 29.2 Å². The van der Waals surface area contributed by atoms with Crippen LogP contribution in [0.25, 0.3) is 33.5 Å². The number of aromatic nitrogens is 3. The number of nitrogens with one attached hydrogen (secondary N) is 3. The second-order valence-corrected chi connectivity index (χ2v) is 16.0. The minimum atomic E-state index is -1.29. The number of benzene rings is 4. The molecule has 12 nitrogen and oxygen atoms in total. The van der Waals surface area contributed by atoms with Crippen LogP contribution in [0.15, 0.2) is 91.3 Å². The zero-order valence-electron chi connectivity index (χ0n) is 34.6. The molecule has 0 saturated carbocycles. The molecule has 7 rings (SSSR count). The Labute approximate surface area is 353 Å². The van der Waals surface area contributed by atoms with Crippen molar-refractivity contribution < 1.29 is 33.0 Å². The second-order valence-electron chi connectivity index (χ2n) is 16.0. The van der Waals surface area contributed by atoms with E-state index in [0.717, 1.165) is 56.1 Å². The molecule has 3 heterocycles. The van der Waals surface area contributed by atoms with E-state index in [2.05, 4.69) is 49.7 Å². The lowest BCUT2D eigenvalue weighted by molar-refractivity contribution is -0.120. The summed E-state index contributed by atoms with van der Waals surface area (Å²) in [4.78, 5) is 53.0. The summed E-state index contributed by atoms with van der Waals surface area (Å²) in [6.07, 6.45) is 5.76. The molecule has 0 aliphatic carbocycles. The Morgan fingerprint density at radius 3 is 2.51 bits per heavy atom. The van der Waals surface area contributed by atoms with Gasteiger partial charge >= 0.3 is 6.03 Å². The number of unbranched alkanes of at least 4 members (excludes halogenated alkanes) is 3. The monoisotopic (exact) mass is 829 g/mol. The van der Waals surface area contributed by atoms with Gasteiger partial charge in [0.2, 0.25) is 5.91 Å². The quantitative estimate of drug-likeness (QED) is 0.0707. The first kappa shape index (κ1) is 42.6. The van der Waals surface area contributed by atoms with Gasteiger partial charge in [-0.25, -0.2) is 23.5 Å². The zero-order valence-corrected chi connectivity index (χ0v) is 34.6. The predicted octanol–water partition coefficient (Wildman–Crippen LogP) is 8.88. The van der Waals surface area contributed by atoms with Gasteiger partial charge in [-0.15, -0.1) is 0 Å². The summed E-state index contributed by atoms with van der Waals surface area (Å²) in [5, 5.41) is 15.9. The molecule has 0 spiro atoms. The Morgan fingerprint density at radius 1 is 0.967 bits per heavy atom.